The number of hydrogen-bond donors (Lipinski definition) is 0. The van der Waals surface area contributed by atoms with Gasteiger partial charge in [0.1, 0.15) is 0 Å². The van der Waals surface area contributed by atoms with E-state index in [1.807, 2.05) is 73.0 Å². The molecule has 0 radical (unpaired) electrons. The Morgan fingerprint density at radius 1 is 1.04 bits per heavy atom. The van der Waals surface area contributed by atoms with Crippen LogP contribution in [0.3, 0.4) is 0 Å². The highest BCUT2D eigenvalue weighted by Gasteiger charge is 2.28. The topological polar surface area (TPSA) is 51.0 Å². The summed E-state index contributed by atoms with van der Waals surface area (Å²) in [6.45, 7) is 4.09. The first kappa shape index (κ1) is 20.4. The average molecular weight is 415 g/mol. The first-order valence-electron chi connectivity index (χ1n) is 9.03. The van der Waals surface area contributed by atoms with Crippen molar-refractivity contribution in [3.05, 3.63) is 59.6 Å². The number of halogens is 1. The fraction of sp³-hybridized carbons (Fsp3) is 0.286. The van der Waals surface area contributed by atoms with E-state index in [4.69, 9.17) is 11.6 Å². The molecule has 0 spiro atoms. The summed E-state index contributed by atoms with van der Waals surface area (Å²) in [7, 11) is 3.55. The fourth-order valence-corrected chi connectivity index (χ4v) is 4.10. The lowest BCUT2D eigenvalue weighted by Gasteiger charge is -2.23. The second kappa shape index (κ2) is 8.80. The second-order valence-electron chi connectivity index (χ2n) is 7.00. The van der Waals surface area contributed by atoms with Crippen molar-refractivity contribution < 1.29 is 4.79 Å². The highest BCUT2D eigenvalue weighted by Crippen LogP contribution is 2.33. The zero-order chi connectivity index (χ0) is 20.3. The van der Waals surface area contributed by atoms with Crippen LogP contribution in [0.15, 0.2) is 59.8 Å². The third kappa shape index (κ3) is 4.39. The average Bonchev–Trinajstić information content (AvgIpc) is 3.10. The molecule has 0 aliphatic heterocycles. The molecule has 5 nitrogen and oxygen atoms in total. The zero-order valence-corrected chi connectivity index (χ0v) is 17.9. The van der Waals surface area contributed by atoms with E-state index in [1.54, 1.807) is 19.0 Å². The normalized spacial score (nSPS) is 12.2. The van der Waals surface area contributed by atoms with Crippen LogP contribution in [0, 0.1) is 5.92 Å². The van der Waals surface area contributed by atoms with Crippen LogP contribution in [0.1, 0.15) is 13.8 Å². The van der Waals surface area contributed by atoms with E-state index in [9.17, 15) is 4.79 Å². The maximum atomic E-state index is 12.7. The molecule has 0 aliphatic rings. The Morgan fingerprint density at radius 3 is 2.25 bits per heavy atom. The van der Waals surface area contributed by atoms with Gasteiger partial charge in [-0.25, -0.2) is 0 Å². The molecule has 1 heterocycles. The van der Waals surface area contributed by atoms with Crippen molar-refractivity contribution in [2.45, 2.75) is 24.3 Å². The molecular weight excluding hydrogens is 392 g/mol. The summed E-state index contributed by atoms with van der Waals surface area (Å²) in [6, 6.07) is 17.4. The van der Waals surface area contributed by atoms with Gasteiger partial charge in [-0.3, -0.25) is 9.36 Å². The van der Waals surface area contributed by atoms with Crippen LogP contribution in [-0.2, 0) is 4.79 Å². The highest BCUT2D eigenvalue weighted by molar-refractivity contribution is 8.00. The van der Waals surface area contributed by atoms with Crippen LogP contribution in [0.5, 0.6) is 0 Å². The monoisotopic (exact) mass is 414 g/mol. The minimum atomic E-state index is -0.250. The lowest BCUT2D eigenvalue weighted by atomic mass is 10.1. The smallest absolute Gasteiger partial charge is 0.235 e. The molecule has 0 aliphatic carbocycles. The molecule has 2 aromatic carbocycles. The van der Waals surface area contributed by atoms with Crippen LogP contribution >= 0.6 is 23.4 Å². The van der Waals surface area contributed by atoms with Gasteiger partial charge in [0.2, 0.25) is 5.91 Å². The number of amides is 1. The standard InChI is InChI=1S/C21H23ClN4OS/c1-14(2)18(20(27)25(3)4)28-21-24-23-19(15-10-12-16(22)13-11-15)26(21)17-8-6-5-7-9-17/h5-14,18H,1-4H3. The Bertz CT molecular complexity index is 939. The van der Waals surface area contributed by atoms with Gasteiger partial charge in [0, 0.05) is 30.4 Å². The molecule has 0 saturated heterocycles. The summed E-state index contributed by atoms with van der Waals surface area (Å²) < 4.78 is 1.99. The maximum Gasteiger partial charge on any atom is 0.235 e. The molecule has 1 aromatic heterocycles. The van der Waals surface area contributed by atoms with Crippen molar-refractivity contribution in [2.75, 3.05) is 14.1 Å². The number of nitrogens with zero attached hydrogens (tertiary/aromatic N) is 4. The Hall–Kier alpha value is -2.31. The largest absolute Gasteiger partial charge is 0.348 e. The molecule has 1 unspecified atom stereocenters. The molecule has 0 N–H and O–H groups in total. The summed E-state index contributed by atoms with van der Waals surface area (Å²) in [4.78, 5) is 14.3. The van der Waals surface area contributed by atoms with Gasteiger partial charge in [-0.1, -0.05) is 55.4 Å². The molecule has 7 heteroatoms. The van der Waals surface area contributed by atoms with Crippen molar-refractivity contribution >= 4 is 29.3 Å². The zero-order valence-electron chi connectivity index (χ0n) is 16.3. The Kier molecular flexibility index (Phi) is 6.42. The van der Waals surface area contributed by atoms with Crippen LogP contribution in [0.4, 0.5) is 0 Å². The van der Waals surface area contributed by atoms with E-state index in [1.165, 1.54) is 11.8 Å². The molecule has 146 valence electrons. The molecule has 0 saturated carbocycles. The van der Waals surface area contributed by atoms with Crippen LogP contribution in [0.25, 0.3) is 17.1 Å². The highest BCUT2D eigenvalue weighted by atomic mass is 35.5. The van der Waals surface area contributed by atoms with Crippen LogP contribution in [0.2, 0.25) is 5.02 Å². The first-order valence-corrected chi connectivity index (χ1v) is 10.3. The van der Waals surface area contributed by atoms with E-state index < -0.39 is 0 Å². The minimum Gasteiger partial charge on any atom is -0.348 e. The number of rotatable bonds is 6. The van der Waals surface area contributed by atoms with Crippen molar-refractivity contribution in [1.29, 1.82) is 0 Å². The lowest BCUT2D eigenvalue weighted by Crippen LogP contribution is -2.35. The lowest BCUT2D eigenvalue weighted by molar-refractivity contribution is -0.128. The van der Waals surface area contributed by atoms with Gasteiger partial charge in [0.25, 0.3) is 0 Å². The third-order valence-corrected chi connectivity index (χ3v) is 6.00. The molecule has 3 aromatic rings. The molecule has 28 heavy (non-hydrogen) atoms. The maximum absolute atomic E-state index is 12.7. The van der Waals surface area contributed by atoms with E-state index >= 15 is 0 Å². The summed E-state index contributed by atoms with van der Waals surface area (Å²) >= 11 is 7.49. The van der Waals surface area contributed by atoms with Gasteiger partial charge in [-0.2, -0.15) is 0 Å². The number of carbonyl (C=O) groups is 1. The van der Waals surface area contributed by atoms with Crippen LogP contribution in [-0.4, -0.2) is 44.9 Å². The second-order valence-corrected chi connectivity index (χ2v) is 8.54. The number of benzene rings is 2. The summed E-state index contributed by atoms with van der Waals surface area (Å²) in [5, 5.41) is 9.96. The summed E-state index contributed by atoms with van der Waals surface area (Å²) in [5.41, 5.74) is 1.85. The van der Waals surface area contributed by atoms with E-state index in [0.717, 1.165) is 11.3 Å². The quantitative estimate of drug-likeness (QED) is 0.544. The fourth-order valence-electron chi connectivity index (χ4n) is 2.78. The van der Waals surface area contributed by atoms with Gasteiger partial charge in [-0.15, -0.1) is 10.2 Å². The number of thioether (sulfide) groups is 1. The Balaban J connectivity index is 2.09. The van der Waals surface area contributed by atoms with E-state index in [-0.39, 0.29) is 17.1 Å². The molecular formula is C21H23ClN4OS. The summed E-state index contributed by atoms with van der Waals surface area (Å²) in [5.74, 6) is 0.931. The molecule has 0 bridgehead atoms. The predicted octanol–water partition coefficient (Wildman–Crippen LogP) is 4.79. The van der Waals surface area contributed by atoms with Gasteiger partial charge >= 0.3 is 0 Å². The van der Waals surface area contributed by atoms with Gasteiger partial charge in [0.05, 0.1) is 5.25 Å². The van der Waals surface area contributed by atoms with Gasteiger partial charge in [0.15, 0.2) is 11.0 Å². The Labute approximate surface area is 174 Å². The molecule has 1 atom stereocenters. The van der Waals surface area contributed by atoms with Crippen molar-refractivity contribution in [2.24, 2.45) is 5.92 Å². The number of aromatic nitrogens is 3. The minimum absolute atomic E-state index is 0.0654. The SMILES string of the molecule is CC(C)C(Sc1nnc(-c2ccc(Cl)cc2)n1-c1ccccc1)C(=O)N(C)C. The van der Waals surface area contributed by atoms with Crippen molar-refractivity contribution in [3.8, 4) is 17.1 Å². The van der Waals surface area contributed by atoms with Crippen LogP contribution < -0.4 is 0 Å². The van der Waals surface area contributed by atoms with Gasteiger partial charge < -0.3 is 4.90 Å². The van der Waals surface area contributed by atoms with E-state index in [2.05, 4.69) is 10.2 Å². The number of carbonyl (C=O) groups excluding carboxylic acids is 1. The summed E-state index contributed by atoms with van der Waals surface area (Å²) in [6.07, 6.45) is 0. The molecule has 1 amide bonds. The van der Waals surface area contributed by atoms with Gasteiger partial charge in [-0.05, 0) is 42.3 Å². The van der Waals surface area contributed by atoms with E-state index in [0.29, 0.717) is 16.0 Å². The number of hydrogen-bond acceptors (Lipinski definition) is 4. The first-order chi connectivity index (χ1) is 13.4. The molecule has 0 fully saturated rings. The third-order valence-electron chi connectivity index (χ3n) is 4.27. The predicted molar refractivity (Wildman–Crippen MR) is 115 cm³/mol. The van der Waals surface area contributed by atoms with Crippen molar-refractivity contribution in [1.82, 2.24) is 19.7 Å². The van der Waals surface area contributed by atoms with Crippen molar-refractivity contribution in [3.63, 3.8) is 0 Å². The number of para-hydroxylation sites is 1. The molecule has 3 rings (SSSR count). The Morgan fingerprint density at radius 2 is 1.68 bits per heavy atom.